The van der Waals surface area contributed by atoms with Crippen molar-refractivity contribution in [3.8, 4) is 0 Å². The average Bonchev–Trinajstić information content (AvgIpc) is 2.54. The van der Waals surface area contributed by atoms with E-state index < -0.39 is 0 Å². The minimum Gasteiger partial charge on any atom is -0.349 e. The van der Waals surface area contributed by atoms with E-state index in [0.29, 0.717) is 23.9 Å². The third-order valence-electron chi connectivity index (χ3n) is 5.36. The lowest BCUT2D eigenvalue weighted by atomic mass is 9.67. The molecule has 2 aliphatic rings. The summed E-state index contributed by atoms with van der Waals surface area (Å²) in [6.07, 6.45) is 5.84. The summed E-state index contributed by atoms with van der Waals surface area (Å²) >= 11 is 1.90. The molecule has 1 aromatic carbocycles. The van der Waals surface area contributed by atoms with Gasteiger partial charge in [0.15, 0.2) is 0 Å². The number of nitrogens with one attached hydrogen (secondary N) is 1. The summed E-state index contributed by atoms with van der Waals surface area (Å²) in [5, 5.41) is 3.32. The Bertz CT molecular complexity index is 517. The maximum absolute atomic E-state index is 12.6. The second kappa shape index (κ2) is 7.71. The maximum atomic E-state index is 12.6. The number of fused-ring (bicyclic) bond motifs is 2. The Morgan fingerprint density at radius 1 is 1.22 bits per heavy atom. The Morgan fingerprint density at radius 3 is 2.48 bits per heavy atom. The Balaban J connectivity index is 1.62. The van der Waals surface area contributed by atoms with Crippen LogP contribution in [0.2, 0.25) is 0 Å². The fourth-order valence-electron chi connectivity index (χ4n) is 4.23. The third-order valence-corrected chi connectivity index (χ3v) is 6.31. The van der Waals surface area contributed by atoms with Gasteiger partial charge < -0.3 is 11.1 Å². The number of hydrogen-bond acceptors (Lipinski definition) is 3. The van der Waals surface area contributed by atoms with Crippen LogP contribution in [0.4, 0.5) is 0 Å². The number of amides is 1. The molecule has 0 aromatic heterocycles. The number of carbonyl (C=O) groups excluding carboxylic acids is 1. The molecule has 2 bridgehead atoms. The first-order valence-corrected chi connectivity index (χ1v) is 10.1. The minimum atomic E-state index is 0.0806. The summed E-state index contributed by atoms with van der Waals surface area (Å²) in [5.41, 5.74) is 8.24. The Kier molecular flexibility index (Phi) is 5.65. The lowest BCUT2D eigenvalue weighted by Gasteiger charge is -2.45. The SMILES string of the molecule is CCSCc1ccc(C(=O)NC2C3CCCC2CC(N)C3)cc1. The van der Waals surface area contributed by atoms with Gasteiger partial charge in [-0.3, -0.25) is 4.79 Å². The highest BCUT2D eigenvalue weighted by Gasteiger charge is 2.39. The Hall–Kier alpha value is -1.00. The van der Waals surface area contributed by atoms with Crippen LogP contribution < -0.4 is 11.1 Å². The Morgan fingerprint density at radius 2 is 1.87 bits per heavy atom. The van der Waals surface area contributed by atoms with Gasteiger partial charge in [-0.25, -0.2) is 0 Å². The van der Waals surface area contributed by atoms with Gasteiger partial charge in [-0.15, -0.1) is 0 Å². The van der Waals surface area contributed by atoms with Crippen LogP contribution in [-0.4, -0.2) is 23.7 Å². The normalized spacial score (nSPS) is 30.0. The molecule has 2 aliphatic carbocycles. The lowest BCUT2D eigenvalue weighted by Crippen LogP contribution is -2.53. The van der Waals surface area contributed by atoms with Gasteiger partial charge >= 0.3 is 0 Å². The molecule has 0 radical (unpaired) electrons. The monoisotopic (exact) mass is 332 g/mol. The van der Waals surface area contributed by atoms with E-state index in [1.165, 1.54) is 24.8 Å². The molecule has 126 valence electrons. The lowest BCUT2D eigenvalue weighted by molar-refractivity contribution is 0.0756. The van der Waals surface area contributed by atoms with Crippen LogP contribution >= 0.6 is 11.8 Å². The number of carbonyl (C=O) groups is 1. The summed E-state index contributed by atoms with van der Waals surface area (Å²) in [6, 6.07) is 8.74. The number of rotatable bonds is 5. The quantitative estimate of drug-likeness (QED) is 0.866. The topological polar surface area (TPSA) is 55.1 Å². The molecule has 1 amide bonds. The maximum Gasteiger partial charge on any atom is 0.251 e. The van der Waals surface area contributed by atoms with Gasteiger partial charge in [0.1, 0.15) is 0 Å². The Labute approximate surface area is 143 Å². The molecule has 1 aromatic rings. The molecule has 2 saturated carbocycles. The highest BCUT2D eigenvalue weighted by atomic mass is 32.2. The van der Waals surface area contributed by atoms with Gasteiger partial charge in [0, 0.05) is 23.4 Å². The largest absolute Gasteiger partial charge is 0.349 e. The number of hydrogen-bond donors (Lipinski definition) is 2. The molecular weight excluding hydrogens is 304 g/mol. The fourth-order valence-corrected chi connectivity index (χ4v) is 4.86. The van der Waals surface area contributed by atoms with Gasteiger partial charge in [-0.1, -0.05) is 25.5 Å². The number of benzene rings is 1. The van der Waals surface area contributed by atoms with Gasteiger partial charge in [0.05, 0.1) is 0 Å². The van der Waals surface area contributed by atoms with Crippen LogP contribution in [0.15, 0.2) is 24.3 Å². The van der Waals surface area contributed by atoms with E-state index in [4.69, 9.17) is 5.73 Å². The summed E-state index contributed by atoms with van der Waals surface area (Å²) in [7, 11) is 0. The predicted octanol–water partition coefficient (Wildman–Crippen LogP) is 3.58. The molecule has 3 N–H and O–H groups in total. The smallest absolute Gasteiger partial charge is 0.251 e. The first kappa shape index (κ1) is 16.8. The highest BCUT2D eigenvalue weighted by molar-refractivity contribution is 7.98. The van der Waals surface area contributed by atoms with Crippen molar-refractivity contribution in [2.45, 2.75) is 56.9 Å². The van der Waals surface area contributed by atoms with Crippen LogP contribution in [0, 0.1) is 11.8 Å². The summed E-state index contributed by atoms with van der Waals surface area (Å²) in [6.45, 7) is 2.17. The van der Waals surface area contributed by atoms with Crippen molar-refractivity contribution in [2.24, 2.45) is 17.6 Å². The van der Waals surface area contributed by atoms with Gasteiger partial charge in [0.2, 0.25) is 0 Å². The van der Waals surface area contributed by atoms with Gasteiger partial charge in [0.25, 0.3) is 5.91 Å². The van der Waals surface area contributed by atoms with Crippen molar-refractivity contribution in [3.05, 3.63) is 35.4 Å². The molecular formula is C19H28N2OS. The van der Waals surface area contributed by atoms with Crippen LogP contribution in [0.25, 0.3) is 0 Å². The summed E-state index contributed by atoms with van der Waals surface area (Å²) < 4.78 is 0. The van der Waals surface area contributed by atoms with Crippen LogP contribution in [-0.2, 0) is 5.75 Å². The molecule has 4 heteroatoms. The molecule has 3 rings (SSSR count). The van der Waals surface area contributed by atoms with E-state index >= 15 is 0 Å². The molecule has 23 heavy (non-hydrogen) atoms. The van der Waals surface area contributed by atoms with E-state index in [0.717, 1.165) is 29.9 Å². The molecule has 3 nitrogen and oxygen atoms in total. The molecule has 0 spiro atoms. The molecule has 0 saturated heterocycles. The van der Waals surface area contributed by atoms with E-state index in [2.05, 4.69) is 24.4 Å². The first-order valence-electron chi connectivity index (χ1n) is 8.90. The molecule has 0 aliphatic heterocycles. The second-order valence-electron chi connectivity index (χ2n) is 7.02. The zero-order chi connectivity index (χ0) is 16.2. The first-order chi connectivity index (χ1) is 11.2. The van der Waals surface area contributed by atoms with E-state index in [1.807, 2.05) is 23.9 Å². The van der Waals surface area contributed by atoms with Crippen LogP contribution in [0.3, 0.4) is 0 Å². The fraction of sp³-hybridized carbons (Fsp3) is 0.632. The van der Waals surface area contributed by atoms with Crippen molar-refractivity contribution in [1.29, 1.82) is 0 Å². The van der Waals surface area contributed by atoms with Gasteiger partial charge in [-0.2, -0.15) is 11.8 Å². The zero-order valence-corrected chi connectivity index (χ0v) is 14.8. The van der Waals surface area contributed by atoms with Crippen LogP contribution in [0.1, 0.15) is 54.9 Å². The summed E-state index contributed by atoms with van der Waals surface area (Å²) in [4.78, 5) is 12.6. The average molecular weight is 333 g/mol. The van der Waals surface area contributed by atoms with Gasteiger partial charge in [-0.05, 0) is 61.0 Å². The summed E-state index contributed by atoms with van der Waals surface area (Å²) in [5.74, 6) is 3.36. The van der Waals surface area contributed by atoms with Crippen molar-refractivity contribution < 1.29 is 4.79 Å². The molecule has 2 unspecified atom stereocenters. The van der Waals surface area contributed by atoms with E-state index in [-0.39, 0.29) is 5.91 Å². The van der Waals surface area contributed by atoms with Crippen molar-refractivity contribution in [3.63, 3.8) is 0 Å². The number of thioether (sulfide) groups is 1. The molecule has 2 fully saturated rings. The minimum absolute atomic E-state index is 0.0806. The molecule has 2 atom stereocenters. The van der Waals surface area contributed by atoms with Crippen molar-refractivity contribution >= 4 is 17.7 Å². The zero-order valence-electron chi connectivity index (χ0n) is 14.0. The number of nitrogens with two attached hydrogens (primary N) is 1. The van der Waals surface area contributed by atoms with Crippen molar-refractivity contribution in [1.82, 2.24) is 5.32 Å². The van der Waals surface area contributed by atoms with E-state index in [9.17, 15) is 4.79 Å². The standard InChI is InChI=1S/C19H28N2OS/c1-2-23-12-13-6-8-14(9-7-13)19(22)21-18-15-4-3-5-16(18)11-17(20)10-15/h6-9,15-18H,2-5,10-12,20H2,1H3,(H,21,22). The molecule has 0 heterocycles. The second-order valence-corrected chi connectivity index (χ2v) is 8.29. The van der Waals surface area contributed by atoms with E-state index in [1.54, 1.807) is 0 Å². The third kappa shape index (κ3) is 4.10. The highest BCUT2D eigenvalue weighted by Crippen LogP contribution is 2.39. The van der Waals surface area contributed by atoms with Crippen LogP contribution in [0.5, 0.6) is 0 Å². The van der Waals surface area contributed by atoms with Crippen molar-refractivity contribution in [2.75, 3.05) is 5.75 Å². The predicted molar refractivity (Wildman–Crippen MR) is 97.6 cm³/mol.